The van der Waals surface area contributed by atoms with Crippen LogP contribution in [0.2, 0.25) is 0 Å². The summed E-state index contributed by atoms with van der Waals surface area (Å²) in [5.74, 6) is -0.237. The van der Waals surface area contributed by atoms with E-state index in [-0.39, 0.29) is 11.6 Å². The van der Waals surface area contributed by atoms with Gasteiger partial charge in [0.05, 0.1) is 5.69 Å². The Morgan fingerprint density at radius 2 is 2.21 bits per heavy atom. The predicted molar refractivity (Wildman–Crippen MR) is 71.3 cm³/mol. The highest BCUT2D eigenvalue weighted by Gasteiger charge is 2.27. The number of carboxylic acids is 1. The molecular weight excluding hydrogens is 244 g/mol. The molecule has 0 bridgehead atoms. The van der Waals surface area contributed by atoms with Crippen molar-refractivity contribution in [2.24, 2.45) is 5.92 Å². The van der Waals surface area contributed by atoms with Crippen LogP contribution in [0, 0.1) is 5.92 Å². The molecule has 0 amide bonds. The minimum atomic E-state index is -0.969. The lowest BCUT2D eigenvalue weighted by Gasteiger charge is -2.24. The number of hydrogen-bond acceptors (Lipinski definition) is 4. The summed E-state index contributed by atoms with van der Waals surface area (Å²) < 4.78 is 1.81. The molecule has 1 aliphatic rings. The molecule has 1 aromatic rings. The summed E-state index contributed by atoms with van der Waals surface area (Å²) in [4.78, 5) is 11.3. The number of aromatic nitrogens is 3. The molecule has 0 radical (unpaired) electrons. The Kier molecular flexibility index (Phi) is 4.52. The predicted octanol–water partition coefficient (Wildman–Crippen LogP) is 1.49. The SMILES string of the molecule is CCC(C)Cn1nnc(C(=O)O)c1C1CCNCC1. The van der Waals surface area contributed by atoms with Crippen molar-refractivity contribution in [1.29, 1.82) is 0 Å². The lowest BCUT2D eigenvalue weighted by atomic mass is 9.92. The van der Waals surface area contributed by atoms with Crippen LogP contribution in [0.5, 0.6) is 0 Å². The lowest BCUT2D eigenvalue weighted by Crippen LogP contribution is -2.29. The fourth-order valence-corrected chi connectivity index (χ4v) is 2.53. The van der Waals surface area contributed by atoms with E-state index in [0.29, 0.717) is 5.92 Å². The van der Waals surface area contributed by atoms with E-state index in [4.69, 9.17) is 0 Å². The summed E-state index contributed by atoms with van der Waals surface area (Å²) in [6.45, 7) is 6.88. The molecule has 2 N–H and O–H groups in total. The Morgan fingerprint density at radius 3 is 2.79 bits per heavy atom. The number of carbonyl (C=O) groups is 1. The highest BCUT2D eigenvalue weighted by atomic mass is 16.4. The van der Waals surface area contributed by atoms with Crippen molar-refractivity contribution in [3.8, 4) is 0 Å². The van der Waals surface area contributed by atoms with E-state index in [2.05, 4.69) is 29.5 Å². The van der Waals surface area contributed by atoms with Gasteiger partial charge in [0.1, 0.15) is 0 Å². The van der Waals surface area contributed by atoms with Crippen LogP contribution < -0.4 is 5.32 Å². The molecule has 0 aromatic carbocycles. The number of nitrogens with one attached hydrogen (secondary N) is 1. The van der Waals surface area contributed by atoms with E-state index < -0.39 is 5.97 Å². The van der Waals surface area contributed by atoms with Gasteiger partial charge in [-0.25, -0.2) is 9.48 Å². The van der Waals surface area contributed by atoms with Gasteiger partial charge >= 0.3 is 5.97 Å². The molecule has 1 aliphatic heterocycles. The van der Waals surface area contributed by atoms with Crippen LogP contribution in [0.3, 0.4) is 0 Å². The van der Waals surface area contributed by atoms with Gasteiger partial charge in [-0.15, -0.1) is 5.10 Å². The first kappa shape index (κ1) is 14.0. The van der Waals surface area contributed by atoms with Crippen LogP contribution in [0.1, 0.15) is 55.2 Å². The molecule has 2 heterocycles. The number of piperidine rings is 1. The Bertz CT molecular complexity index is 438. The molecule has 1 saturated heterocycles. The van der Waals surface area contributed by atoms with Crippen molar-refractivity contribution in [3.05, 3.63) is 11.4 Å². The highest BCUT2D eigenvalue weighted by Crippen LogP contribution is 2.27. The largest absolute Gasteiger partial charge is 0.476 e. The van der Waals surface area contributed by atoms with Crippen molar-refractivity contribution in [1.82, 2.24) is 20.3 Å². The molecule has 6 nitrogen and oxygen atoms in total. The van der Waals surface area contributed by atoms with E-state index in [0.717, 1.165) is 44.6 Å². The Balaban J connectivity index is 2.29. The molecule has 0 saturated carbocycles. The minimum absolute atomic E-state index is 0.134. The van der Waals surface area contributed by atoms with Gasteiger partial charge in [0, 0.05) is 12.5 Å². The average Bonchev–Trinajstić information content (AvgIpc) is 2.83. The lowest BCUT2D eigenvalue weighted by molar-refractivity contribution is 0.0688. The third-order valence-electron chi connectivity index (χ3n) is 3.88. The van der Waals surface area contributed by atoms with Crippen molar-refractivity contribution < 1.29 is 9.90 Å². The van der Waals surface area contributed by atoms with Crippen molar-refractivity contribution >= 4 is 5.97 Å². The summed E-state index contributed by atoms with van der Waals surface area (Å²) in [5, 5.41) is 20.5. The zero-order chi connectivity index (χ0) is 13.8. The number of hydrogen-bond donors (Lipinski definition) is 2. The number of rotatable bonds is 5. The third kappa shape index (κ3) is 3.12. The molecule has 1 atom stereocenters. The third-order valence-corrected chi connectivity index (χ3v) is 3.88. The summed E-state index contributed by atoms with van der Waals surface area (Å²) >= 11 is 0. The van der Waals surface area contributed by atoms with Crippen LogP contribution in [0.15, 0.2) is 0 Å². The number of nitrogens with zero attached hydrogens (tertiary/aromatic N) is 3. The summed E-state index contributed by atoms with van der Waals surface area (Å²) in [6, 6.07) is 0. The average molecular weight is 266 g/mol. The molecular formula is C13H22N4O2. The zero-order valence-electron chi connectivity index (χ0n) is 11.6. The van der Waals surface area contributed by atoms with Gasteiger partial charge in [-0.3, -0.25) is 0 Å². The first-order valence-electron chi connectivity index (χ1n) is 7.00. The Morgan fingerprint density at radius 1 is 1.53 bits per heavy atom. The van der Waals surface area contributed by atoms with Crippen LogP contribution in [0.25, 0.3) is 0 Å². The maximum atomic E-state index is 11.3. The van der Waals surface area contributed by atoms with Gasteiger partial charge in [0.25, 0.3) is 0 Å². The molecule has 106 valence electrons. The van der Waals surface area contributed by atoms with E-state index >= 15 is 0 Å². The monoisotopic (exact) mass is 266 g/mol. The van der Waals surface area contributed by atoms with Crippen LogP contribution in [0.4, 0.5) is 0 Å². The molecule has 1 fully saturated rings. The molecule has 19 heavy (non-hydrogen) atoms. The number of carboxylic acid groups (broad SMARTS) is 1. The molecule has 0 spiro atoms. The van der Waals surface area contributed by atoms with E-state index in [1.54, 1.807) is 0 Å². The van der Waals surface area contributed by atoms with Gasteiger partial charge in [-0.05, 0) is 31.8 Å². The quantitative estimate of drug-likeness (QED) is 0.844. The van der Waals surface area contributed by atoms with Crippen LogP contribution in [-0.4, -0.2) is 39.2 Å². The van der Waals surface area contributed by atoms with Crippen molar-refractivity contribution in [2.75, 3.05) is 13.1 Å². The van der Waals surface area contributed by atoms with Gasteiger partial charge in [0.2, 0.25) is 0 Å². The normalized spacial score (nSPS) is 18.4. The second kappa shape index (κ2) is 6.14. The zero-order valence-corrected chi connectivity index (χ0v) is 11.6. The molecule has 1 aromatic heterocycles. The van der Waals surface area contributed by atoms with Gasteiger partial charge in [-0.1, -0.05) is 25.5 Å². The fourth-order valence-electron chi connectivity index (χ4n) is 2.53. The molecule has 2 rings (SSSR count). The Labute approximate surface area is 113 Å². The maximum Gasteiger partial charge on any atom is 0.358 e. The summed E-state index contributed by atoms with van der Waals surface area (Å²) in [6.07, 6.45) is 2.95. The summed E-state index contributed by atoms with van der Waals surface area (Å²) in [5.41, 5.74) is 0.949. The first-order chi connectivity index (χ1) is 9.13. The molecule has 6 heteroatoms. The topological polar surface area (TPSA) is 80.0 Å². The van der Waals surface area contributed by atoms with Gasteiger partial charge < -0.3 is 10.4 Å². The maximum absolute atomic E-state index is 11.3. The van der Waals surface area contributed by atoms with E-state index in [1.165, 1.54) is 0 Å². The van der Waals surface area contributed by atoms with Crippen LogP contribution >= 0.6 is 0 Å². The first-order valence-corrected chi connectivity index (χ1v) is 7.00. The van der Waals surface area contributed by atoms with Crippen LogP contribution in [-0.2, 0) is 6.54 Å². The van der Waals surface area contributed by atoms with Crippen molar-refractivity contribution in [2.45, 2.75) is 45.6 Å². The minimum Gasteiger partial charge on any atom is -0.476 e. The molecule has 1 unspecified atom stereocenters. The van der Waals surface area contributed by atoms with Crippen molar-refractivity contribution in [3.63, 3.8) is 0 Å². The fraction of sp³-hybridized carbons (Fsp3) is 0.769. The molecule has 0 aliphatic carbocycles. The second-order valence-corrected chi connectivity index (χ2v) is 5.35. The standard InChI is InChI=1S/C13H22N4O2/c1-3-9(2)8-17-12(10-4-6-14-7-5-10)11(13(18)19)15-16-17/h9-10,14H,3-8H2,1-2H3,(H,18,19). The van der Waals surface area contributed by atoms with E-state index in [1.807, 2.05) is 4.68 Å². The van der Waals surface area contributed by atoms with E-state index in [9.17, 15) is 9.90 Å². The smallest absolute Gasteiger partial charge is 0.358 e. The highest BCUT2D eigenvalue weighted by molar-refractivity contribution is 5.86. The number of aromatic carboxylic acids is 1. The van der Waals surface area contributed by atoms with Gasteiger partial charge in [0.15, 0.2) is 5.69 Å². The van der Waals surface area contributed by atoms with Gasteiger partial charge in [-0.2, -0.15) is 0 Å². The summed E-state index contributed by atoms with van der Waals surface area (Å²) in [7, 11) is 0. The second-order valence-electron chi connectivity index (χ2n) is 5.35. The Hall–Kier alpha value is -1.43.